The van der Waals surface area contributed by atoms with Gasteiger partial charge in [-0.3, -0.25) is 5.01 Å². The molecule has 3 aromatic carbocycles. The molecule has 0 fully saturated rings. The number of sulfonamides is 1. The lowest BCUT2D eigenvalue weighted by Crippen LogP contribution is -2.23. The van der Waals surface area contributed by atoms with Crippen molar-refractivity contribution in [1.29, 1.82) is 0 Å². The Morgan fingerprint density at radius 2 is 1.66 bits per heavy atom. The summed E-state index contributed by atoms with van der Waals surface area (Å²) in [7, 11) is -4.30. The second-order valence-corrected chi connectivity index (χ2v) is 9.23. The molecule has 4 rings (SSSR count). The van der Waals surface area contributed by atoms with E-state index >= 15 is 0 Å². The smallest absolute Gasteiger partial charge is 0.263 e. The van der Waals surface area contributed by atoms with Gasteiger partial charge in [0.25, 0.3) is 0 Å². The van der Waals surface area contributed by atoms with Gasteiger partial charge in [-0.2, -0.15) is 18.3 Å². The summed E-state index contributed by atoms with van der Waals surface area (Å²) in [5.74, 6) is -0.319. The molecule has 0 aliphatic carbocycles. The Labute approximate surface area is 188 Å². The summed E-state index contributed by atoms with van der Waals surface area (Å²) in [6, 6.07) is 18.5. The normalized spacial score (nSPS) is 16.8. The van der Waals surface area contributed by atoms with Crippen molar-refractivity contribution < 1.29 is 21.6 Å². The molecule has 0 saturated carbocycles. The second kappa shape index (κ2) is 8.23. The van der Waals surface area contributed by atoms with Crippen LogP contribution in [-0.2, 0) is 16.2 Å². The number of alkyl halides is 3. The molecule has 0 spiro atoms. The summed E-state index contributed by atoms with van der Waals surface area (Å²) in [5, 5.41) is 11.6. The fourth-order valence-corrected chi connectivity index (χ4v) is 4.46. The molecule has 5 nitrogen and oxygen atoms in total. The zero-order valence-corrected chi connectivity index (χ0v) is 18.0. The van der Waals surface area contributed by atoms with Gasteiger partial charge in [0.2, 0.25) is 10.0 Å². The third-order valence-electron chi connectivity index (χ3n) is 5.13. The largest absolute Gasteiger partial charge is 0.416 e. The number of hydrazone groups is 1. The van der Waals surface area contributed by atoms with E-state index in [9.17, 15) is 21.6 Å². The van der Waals surface area contributed by atoms with Crippen LogP contribution in [0.3, 0.4) is 0 Å². The summed E-state index contributed by atoms with van der Waals surface area (Å²) in [5.41, 5.74) is 0.951. The van der Waals surface area contributed by atoms with E-state index in [1.807, 2.05) is 30.3 Å². The standard InChI is InChI=1S/C22H17ClF3N3O2S/c23-17-9-6-15(7-10-17)21-18(14-4-2-1-3-5-14)13-29(28-21)19-12-16(22(24,25)26)8-11-20(19)32(27,30)31/h1-12,18H,13H2,(H2,27,30,31). The second-order valence-electron chi connectivity index (χ2n) is 7.26. The molecule has 0 aromatic heterocycles. The van der Waals surface area contributed by atoms with Gasteiger partial charge in [0.05, 0.1) is 23.5 Å². The molecule has 1 atom stereocenters. The zero-order chi connectivity index (χ0) is 23.1. The number of rotatable bonds is 4. The molecule has 0 radical (unpaired) electrons. The maximum absolute atomic E-state index is 13.4. The fourth-order valence-electron chi connectivity index (χ4n) is 3.62. The zero-order valence-electron chi connectivity index (χ0n) is 16.4. The highest BCUT2D eigenvalue weighted by Gasteiger charge is 2.36. The van der Waals surface area contributed by atoms with Gasteiger partial charge in [-0.15, -0.1) is 0 Å². The van der Waals surface area contributed by atoms with E-state index in [4.69, 9.17) is 16.7 Å². The van der Waals surface area contributed by atoms with E-state index in [1.54, 1.807) is 24.3 Å². The van der Waals surface area contributed by atoms with Crippen LogP contribution in [0, 0.1) is 0 Å². The van der Waals surface area contributed by atoms with Crippen LogP contribution in [0.15, 0.2) is 82.8 Å². The van der Waals surface area contributed by atoms with E-state index in [2.05, 4.69) is 5.10 Å². The van der Waals surface area contributed by atoms with Gasteiger partial charge in [-0.25, -0.2) is 13.6 Å². The lowest BCUT2D eigenvalue weighted by molar-refractivity contribution is -0.137. The Balaban J connectivity index is 1.88. The van der Waals surface area contributed by atoms with E-state index < -0.39 is 26.7 Å². The van der Waals surface area contributed by atoms with Crippen LogP contribution in [0.4, 0.5) is 18.9 Å². The predicted molar refractivity (Wildman–Crippen MR) is 117 cm³/mol. The Bertz CT molecular complexity index is 1280. The van der Waals surface area contributed by atoms with Crippen molar-refractivity contribution in [2.75, 3.05) is 11.6 Å². The van der Waals surface area contributed by atoms with Crippen LogP contribution >= 0.6 is 11.6 Å². The number of halogens is 4. The Kier molecular flexibility index (Phi) is 5.74. The van der Waals surface area contributed by atoms with Crippen LogP contribution in [0.25, 0.3) is 0 Å². The minimum absolute atomic E-state index is 0.131. The lowest BCUT2D eigenvalue weighted by atomic mass is 9.90. The molecule has 166 valence electrons. The summed E-state index contributed by atoms with van der Waals surface area (Å²) in [4.78, 5) is -0.432. The third kappa shape index (κ3) is 4.50. The summed E-state index contributed by atoms with van der Waals surface area (Å²) in [6.45, 7) is 0.131. The van der Waals surface area contributed by atoms with Gasteiger partial charge in [-0.05, 0) is 41.5 Å². The number of nitrogens with two attached hydrogens (primary N) is 1. The van der Waals surface area contributed by atoms with Gasteiger partial charge < -0.3 is 0 Å². The van der Waals surface area contributed by atoms with E-state index in [0.29, 0.717) is 16.8 Å². The molecule has 3 aromatic rings. The van der Waals surface area contributed by atoms with Crippen molar-refractivity contribution in [1.82, 2.24) is 0 Å². The average Bonchev–Trinajstić information content (AvgIpc) is 3.18. The molecule has 0 bridgehead atoms. The van der Waals surface area contributed by atoms with Crippen molar-refractivity contribution >= 4 is 33.0 Å². The molecular formula is C22H17ClF3N3O2S. The number of nitrogens with zero attached hydrogens (tertiary/aromatic N) is 2. The highest BCUT2D eigenvalue weighted by molar-refractivity contribution is 7.89. The van der Waals surface area contributed by atoms with E-state index in [-0.39, 0.29) is 18.2 Å². The molecule has 32 heavy (non-hydrogen) atoms. The molecule has 2 N–H and O–H groups in total. The maximum atomic E-state index is 13.4. The van der Waals surface area contributed by atoms with Crippen LogP contribution in [0.2, 0.25) is 5.02 Å². The SMILES string of the molecule is NS(=O)(=O)c1ccc(C(F)(F)F)cc1N1CC(c2ccccc2)C(c2ccc(Cl)cc2)=N1. The summed E-state index contributed by atoms with van der Waals surface area (Å²) < 4.78 is 64.3. The predicted octanol–water partition coefficient (Wildman–Crippen LogP) is 5.01. The first-order valence-electron chi connectivity index (χ1n) is 9.45. The van der Waals surface area contributed by atoms with Gasteiger partial charge in [0.1, 0.15) is 4.90 Å². The van der Waals surface area contributed by atoms with Gasteiger partial charge in [0.15, 0.2) is 0 Å². The first-order chi connectivity index (χ1) is 15.0. The van der Waals surface area contributed by atoms with Crippen molar-refractivity contribution in [3.8, 4) is 0 Å². The fraction of sp³-hybridized carbons (Fsp3) is 0.136. The third-order valence-corrected chi connectivity index (χ3v) is 6.34. The van der Waals surface area contributed by atoms with Crippen LogP contribution in [0.5, 0.6) is 0 Å². The monoisotopic (exact) mass is 479 g/mol. The topological polar surface area (TPSA) is 75.8 Å². The molecule has 0 saturated heterocycles. The van der Waals surface area contributed by atoms with E-state index in [0.717, 1.165) is 23.3 Å². The number of hydrogen-bond acceptors (Lipinski definition) is 4. The Hall–Kier alpha value is -2.88. The molecule has 1 heterocycles. The molecule has 1 aliphatic rings. The Morgan fingerprint density at radius 1 is 1.00 bits per heavy atom. The molecule has 10 heteroatoms. The molecule has 1 aliphatic heterocycles. The van der Waals surface area contributed by atoms with Crippen LogP contribution < -0.4 is 10.1 Å². The van der Waals surface area contributed by atoms with Crippen molar-refractivity contribution in [3.63, 3.8) is 0 Å². The van der Waals surface area contributed by atoms with Crippen LogP contribution in [0.1, 0.15) is 22.6 Å². The average molecular weight is 480 g/mol. The van der Waals surface area contributed by atoms with Gasteiger partial charge >= 0.3 is 6.18 Å². The number of hydrogen-bond donors (Lipinski definition) is 1. The van der Waals surface area contributed by atoms with Crippen LogP contribution in [-0.4, -0.2) is 20.7 Å². The molecular weight excluding hydrogens is 463 g/mol. The molecule has 1 unspecified atom stereocenters. The highest BCUT2D eigenvalue weighted by Crippen LogP contribution is 2.38. The van der Waals surface area contributed by atoms with Crippen molar-refractivity contribution in [3.05, 3.63) is 94.5 Å². The van der Waals surface area contributed by atoms with Gasteiger partial charge in [-0.1, -0.05) is 54.1 Å². The van der Waals surface area contributed by atoms with Gasteiger partial charge in [0, 0.05) is 10.9 Å². The quantitative estimate of drug-likeness (QED) is 0.571. The number of benzene rings is 3. The first-order valence-corrected chi connectivity index (χ1v) is 11.4. The summed E-state index contributed by atoms with van der Waals surface area (Å²) >= 11 is 5.99. The number of anilines is 1. The lowest BCUT2D eigenvalue weighted by Gasteiger charge is -2.20. The van der Waals surface area contributed by atoms with Crippen molar-refractivity contribution in [2.24, 2.45) is 10.2 Å². The first kappa shape index (κ1) is 22.3. The van der Waals surface area contributed by atoms with E-state index in [1.165, 1.54) is 5.01 Å². The highest BCUT2D eigenvalue weighted by atomic mass is 35.5. The molecule has 0 amide bonds. The Morgan fingerprint density at radius 3 is 2.25 bits per heavy atom. The maximum Gasteiger partial charge on any atom is 0.416 e. The summed E-state index contributed by atoms with van der Waals surface area (Å²) in [6.07, 6.45) is -4.66. The minimum atomic E-state index is -4.66. The minimum Gasteiger partial charge on any atom is -0.263 e. The van der Waals surface area contributed by atoms with Crippen molar-refractivity contribution in [2.45, 2.75) is 17.0 Å². The number of primary sulfonamides is 1.